The highest BCUT2D eigenvalue weighted by molar-refractivity contribution is 4.74. The molecule has 0 aromatic rings. The Kier molecular flexibility index (Phi) is 6.26. The van der Waals surface area contributed by atoms with E-state index in [4.69, 9.17) is 0 Å². The van der Waals surface area contributed by atoms with Crippen LogP contribution < -0.4 is 5.32 Å². The summed E-state index contributed by atoms with van der Waals surface area (Å²) in [5, 5.41) is 3.52. The number of nitrogens with one attached hydrogen (secondary N) is 1. The molecule has 15 heavy (non-hydrogen) atoms. The molecule has 2 heteroatoms. The summed E-state index contributed by atoms with van der Waals surface area (Å²) in [5.41, 5.74) is 0. The smallest absolute Gasteiger partial charge is 0.00163 e. The molecule has 90 valence electrons. The van der Waals surface area contributed by atoms with Crippen LogP contribution in [-0.4, -0.2) is 37.6 Å². The summed E-state index contributed by atoms with van der Waals surface area (Å²) in [5.74, 6) is 1.81. The van der Waals surface area contributed by atoms with Crippen LogP contribution in [0.4, 0.5) is 0 Å². The van der Waals surface area contributed by atoms with Gasteiger partial charge >= 0.3 is 0 Å². The summed E-state index contributed by atoms with van der Waals surface area (Å²) in [6, 6.07) is 0. The minimum absolute atomic E-state index is 0.887. The summed E-state index contributed by atoms with van der Waals surface area (Å²) in [6.45, 7) is 13.1. The van der Waals surface area contributed by atoms with Crippen LogP contribution in [0.5, 0.6) is 0 Å². The molecule has 1 heterocycles. The van der Waals surface area contributed by atoms with E-state index in [1.54, 1.807) is 0 Å². The second-order valence-corrected chi connectivity index (χ2v) is 4.90. The van der Waals surface area contributed by atoms with Gasteiger partial charge in [0, 0.05) is 0 Å². The normalized spacial score (nSPS) is 24.4. The number of hydrogen-bond acceptors (Lipinski definition) is 2. The van der Waals surface area contributed by atoms with Gasteiger partial charge in [0.05, 0.1) is 0 Å². The Hall–Kier alpha value is -0.0800. The average Bonchev–Trinajstić information content (AvgIpc) is 2.31. The predicted octanol–water partition coefficient (Wildman–Crippen LogP) is 2.35. The van der Waals surface area contributed by atoms with Crippen molar-refractivity contribution in [2.75, 3.05) is 32.7 Å². The van der Waals surface area contributed by atoms with Crippen molar-refractivity contribution in [1.82, 2.24) is 10.2 Å². The molecule has 2 unspecified atom stereocenters. The maximum atomic E-state index is 3.52. The van der Waals surface area contributed by atoms with Gasteiger partial charge in [0.25, 0.3) is 0 Å². The van der Waals surface area contributed by atoms with Crippen molar-refractivity contribution in [1.29, 1.82) is 0 Å². The highest BCUT2D eigenvalue weighted by atomic mass is 15.1. The van der Waals surface area contributed by atoms with Crippen LogP contribution in [0.3, 0.4) is 0 Å². The molecule has 0 radical (unpaired) electrons. The molecule has 0 aromatic carbocycles. The third-order valence-electron chi connectivity index (χ3n) is 3.93. The van der Waals surface area contributed by atoms with Gasteiger partial charge < -0.3 is 10.2 Å². The second kappa shape index (κ2) is 7.24. The molecule has 1 fully saturated rings. The molecular weight excluding hydrogens is 184 g/mol. The number of rotatable bonds is 6. The lowest BCUT2D eigenvalue weighted by Gasteiger charge is -2.30. The van der Waals surface area contributed by atoms with Crippen molar-refractivity contribution >= 4 is 0 Å². The van der Waals surface area contributed by atoms with Crippen LogP contribution in [0, 0.1) is 11.8 Å². The second-order valence-electron chi connectivity index (χ2n) is 4.90. The Morgan fingerprint density at radius 3 is 2.60 bits per heavy atom. The van der Waals surface area contributed by atoms with Crippen LogP contribution >= 0.6 is 0 Å². The van der Waals surface area contributed by atoms with E-state index >= 15 is 0 Å². The van der Waals surface area contributed by atoms with E-state index in [0.717, 1.165) is 11.8 Å². The Bertz CT molecular complexity index is 149. The standard InChI is InChI=1S/C13H28N2/c1-4-15(5-2)10-8-12(3)13-7-6-9-14-11-13/h12-14H,4-11H2,1-3H3. The predicted molar refractivity (Wildman–Crippen MR) is 67.2 cm³/mol. The number of piperidine rings is 1. The third-order valence-corrected chi connectivity index (χ3v) is 3.93. The van der Waals surface area contributed by atoms with E-state index in [-0.39, 0.29) is 0 Å². The molecule has 0 bridgehead atoms. The Morgan fingerprint density at radius 1 is 1.33 bits per heavy atom. The first-order valence-electron chi connectivity index (χ1n) is 6.71. The molecule has 0 amide bonds. The van der Waals surface area contributed by atoms with Crippen LogP contribution in [0.1, 0.15) is 40.0 Å². The molecule has 1 N–H and O–H groups in total. The van der Waals surface area contributed by atoms with Crippen molar-refractivity contribution in [3.8, 4) is 0 Å². The first-order valence-corrected chi connectivity index (χ1v) is 6.71. The van der Waals surface area contributed by atoms with Crippen molar-refractivity contribution in [3.63, 3.8) is 0 Å². The Labute approximate surface area is 95.4 Å². The minimum atomic E-state index is 0.887. The fourth-order valence-corrected chi connectivity index (χ4v) is 2.53. The van der Waals surface area contributed by atoms with Gasteiger partial charge in [0.1, 0.15) is 0 Å². The van der Waals surface area contributed by atoms with Crippen LogP contribution in [-0.2, 0) is 0 Å². The van der Waals surface area contributed by atoms with Gasteiger partial charge in [-0.05, 0) is 63.8 Å². The summed E-state index contributed by atoms with van der Waals surface area (Å²) in [6.07, 6.45) is 4.18. The molecule has 0 aliphatic carbocycles. The fourth-order valence-electron chi connectivity index (χ4n) is 2.53. The lowest BCUT2D eigenvalue weighted by Crippen LogP contribution is -2.35. The van der Waals surface area contributed by atoms with E-state index in [1.807, 2.05) is 0 Å². The van der Waals surface area contributed by atoms with Gasteiger partial charge in [-0.15, -0.1) is 0 Å². The van der Waals surface area contributed by atoms with Gasteiger partial charge in [-0.1, -0.05) is 20.8 Å². The Balaban J connectivity index is 2.18. The van der Waals surface area contributed by atoms with Gasteiger partial charge in [-0.3, -0.25) is 0 Å². The summed E-state index contributed by atoms with van der Waals surface area (Å²) >= 11 is 0. The molecule has 1 aliphatic heterocycles. The van der Waals surface area contributed by atoms with Crippen molar-refractivity contribution in [2.24, 2.45) is 11.8 Å². The number of hydrogen-bond donors (Lipinski definition) is 1. The monoisotopic (exact) mass is 212 g/mol. The first kappa shape index (κ1) is 13.0. The van der Waals surface area contributed by atoms with Crippen molar-refractivity contribution < 1.29 is 0 Å². The average molecular weight is 212 g/mol. The molecule has 2 atom stereocenters. The minimum Gasteiger partial charge on any atom is -0.316 e. The lowest BCUT2D eigenvalue weighted by molar-refractivity contribution is 0.223. The van der Waals surface area contributed by atoms with Gasteiger partial charge in [0.2, 0.25) is 0 Å². The van der Waals surface area contributed by atoms with Gasteiger partial charge in [0.15, 0.2) is 0 Å². The molecule has 1 rings (SSSR count). The molecular formula is C13H28N2. The highest BCUT2D eigenvalue weighted by Gasteiger charge is 2.19. The van der Waals surface area contributed by atoms with E-state index in [0.29, 0.717) is 0 Å². The molecule has 1 saturated heterocycles. The topological polar surface area (TPSA) is 15.3 Å². The number of nitrogens with zero attached hydrogens (tertiary/aromatic N) is 1. The lowest BCUT2D eigenvalue weighted by atomic mass is 9.85. The molecule has 1 aliphatic rings. The van der Waals surface area contributed by atoms with Gasteiger partial charge in [-0.2, -0.15) is 0 Å². The van der Waals surface area contributed by atoms with E-state index in [2.05, 4.69) is 31.0 Å². The van der Waals surface area contributed by atoms with Crippen LogP contribution in [0.2, 0.25) is 0 Å². The molecule has 0 saturated carbocycles. The summed E-state index contributed by atoms with van der Waals surface area (Å²) in [4.78, 5) is 2.53. The summed E-state index contributed by atoms with van der Waals surface area (Å²) in [7, 11) is 0. The highest BCUT2D eigenvalue weighted by Crippen LogP contribution is 2.22. The summed E-state index contributed by atoms with van der Waals surface area (Å²) < 4.78 is 0. The molecule has 0 spiro atoms. The van der Waals surface area contributed by atoms with Crippen LogP contribution in [0.25, 0.3) is 0 Å². The zero-order chi connectivity index (χ0) is 11.1. The molecule has 0 aromatic heterocycles. The van der Waals surface area contributed by atoms with Crippen molar-refractivity contribution in [3.05, 3.63) is 0 Å². The maximum Gasteiger partial charge on any atom is -0.00163 e. The third kappa shape index (κ3) is 4.52. The zero-order valence-corrected chi connectivity index (χ0v) is 10.8. The van der Waals surface area contributed by atoms with Crippen LogP contribution in [0.15, 0.2) is 0 Å². The first-order chi connectivity index (χ1) is 7.27. The zero-order valence-electron chi connectivity index (χ0n) is 10.8. The van der Waals surface area contributed by atoms with E-state index < -0.39 is 0 Å². The fraction of sp³-hybridized carbons (Fsp3) is 1.00. The molecule has 2 nitrogen and oxygen atoms in total. The Morgan fingerprint density at radius 2 is 2.07 bits per heavy atom. The quantitative estimate of drug-likeness (QED) is 0.727. The van der Waals surface area contributed by atoms with Gasteiger partial charge in [-0.25, -0.2) is 0 Å². The van der Waals surface area contributed by atoms with E-state index in [1.165, 1.54) is 52.0 Å². The van der Waals surface area contributed by atoms with Crippen molar-refractivity contribution in [2.45, 2.75) is 40.0 Å². The largest absolute Gasteiger partial charge is 0.316 e. The SMILES string of the molecule is CCN(CC)CCC(C)C1CCCNC1. The van der Waals surface area contributed by atoms with E-state index in [9.17, 15) is 0 Å². The maximum absolute atomic E-state index is 3.52.